The first-order valence-electron chi connectivity index (χ1n) is 9.48. The van der Waals surface area contributed by atoms with Gasteiger partial charge in [-0.2, -0.15) is 0 Å². The summed E-state index contributed by atoms with van der Waals surface area (Å²) in [5, 5.41) is 15.5. The number of halogens is 1. The van der Waals surface area contributed by atoms with Crippen molar-refractivity contribution < 1.29 is 23.8 Å². The molecule has 8 nitrogen and oxygen atoms in total. The minimum Gasteiger partial charge on any atom is -0.450 e. The average Bonchev–Trinajstić information content (AvgIpc) is 3.11. The highest BCUT2D eigenvalue weighted by Crippen LogP contribution is 2.50. The summed E-state index contributed by atoms with van der Waals surface area (Å²) in [6.07, 6.45) is -2.37. The highest BCUT2D eigenvalue weighted by molar-refractivity contribution is 6.74. The Morgan fingerprint density at radius 1 is 1.45 bits per heavy atom. The molecule has 1 aromatic carbocycles. The molecular formula is C19H26ClN3O5Si. The van der Waals surface area contributed by atoms with E-state index in [9.17, 15) is 9.90 Å². The van der Waals surface area contributed by atoms with Crippen LogP contribution < -0.4 is 0 Å². The summed E-state index contributed by atoms with van der Waals surface area (Å²) in [5.41, 5.74) is 9.09. The molecule has 2 aliphatic rings. The third kappa shape index (κ3) is 4.03. The van der Waals surface area contributed by atoms with Gasteiger partial charge in [-0.25, -0.2) is 4.79 Å². The van der Waals surface area contributed by atoms with Crippen molar-refractivity contribution in [3.05, 3.63) is 45.3 Å². The van der Waals surface area contributed by atoms with E-state index in [-0.39, 0.29) is 10.6 Å². The van der Waals surface area contributed by atoms with Crippen molar-refractivity contribution in [2.75, 3.05) is 0 Å². The third-order valence-electron chi connectivity index (χ3n) is 6.04. The lowest BCUT2D eigenvalue weighted by Crippen LogP contribution is -2.62. The molecule has 3 rings (SSSR count). The molecule has 2 bridgehead atoms. The SMILES string of the molecule is CC(C)(C)[Si](C)(C)O[C@@]1(O)[C@H]2C[C@H](N=[N+]=[N-])[C@H](O2)[C@@H]1OC(=O)c1cccc(Cl)c1. The van der Waals surface area contributed by atoms with Crippen LogP contribution in [-0.2, 0) is 13.9 Å². The van der Waals surface area contributed by atoms with E-state index in [0.717, 1.165) is 0 Å². The number of esters is 1. The fourth-order valence-electron chi connectivity index (χ4n) is 3.46. The minimum atomic E-state index is -2.45. The van der Waals surface area contributed by atoms with Gasteiger partial charge in [0.25, 0.3) is 0 Å². The van der Waals surface area contributed by atoms with E-state index >= 15 is 0 Å². The predicted molar refractivity (Wildman–Crippen MR) is 110 cm³/mol. The molecule has 1 N–H and O–H groups in total. The van der Waals surface area contributed by atoms with Crippen molar-refractivity contribution in [1.82, 2.24) is 0 Å². The molecule has 0 saturated carbocycles. The van der Waals surface area contributed by atoms with Gasteiger partial charge < -0.3 is 19.0 Å². The van der Waals surface area contributed by atoms with E-state index in [4.69, 9.17) is 31.0 Å². The summed E-state index contributed by atoms with van der Waals surface area (Å²) in [6, 6.07) is 5.79. The van der Waals surface area contributed by atoms with Gasteiger partial charge >= 0.3 is 5.97 Å². The molecule has 0 unspecified atom stereocenters. The van der Waals surface area contributed by atoms with Gasteiger partial charge in [0.15, 0.2) is 14.4 Å². The molecular weight excluding hydrogens is 414 g/mol. The van der Waals surface area contributed by atoms with Gasteiger partial charge in [0.05, 0.1) is 11.6 Å². The van der Waals surface area contributed by atoms with E-state index in [0.29, 0.717) is 11.4 Å². The van der Waals surface area contributed by atoms with Crippen LogP contribution in [0.1, 0.15) is 37.6 Å². The third-order valence-corrected chi connectivity index (χ3v) is 10.7. The van der Waals surface area contributed by atoms with Crippen molar-refractivity contribution in [2.45, 2.75) is 75.5 Å². The maximum absolute atomic E-state index is 12.7. The Morgan fingerprint density at radius 2 is 2.14 bits per heavy atom. The second kappa shape index (κ2) is 7.57. The second-order valence-electron chi connectivity index (χ2n) is 9.05. The van der Waals surface area contributed by atoms with Crippen LogP contribution >= 0.6 is 11.6 Å². The van der Waals surface area contributed by atoms with Crippen LogP contribution in [0, 0.1) is 0 Å². The van der Waals surface area contributed by atoms with Crippen molar-refractivity contribution in [1.29, 1.82) is 0 Å². The fraction of sp³-hybridized carbons (Fsp3) is 0.632. The maximum atomic E-state index is 12.7. The van der Waals surface area contributed by atoms with Gasteiger partial charge in [0, 0.05) is 9.93 Å². The van der Waals surface area contributed by atoms with Crippen molar-refractivity contribution in [3.8, 4) is 0 Å². The molecule has 10 heteroatoms. The Bertz CT molecular complexity index is 854. The van der Waals surface area contributed by atoms with Crippen LogP contribution in [0.2, 0.25) is 23.2 Å². The highest BCUT2D eigenvalue weighted by Gasteiger charge is 2.67. The van der Waals surface area contributed by atoms with Crippen LogP contribution in [0.5, 0.6) is 0 Å². The number of hydrogen-bond acceptors (Lipinski definition) is 6. The molecule has 0 amide bonds. The van der Waals surface area contributed by atoms with Crippen molar-refractivity contribution >= 4 is 25.9 Å². The number of benzene rings is 1. The van der Waals surface area contributed by atoms with Gasteiger partial charge in [-0.15, -0.1) is 0 Å². The summed E-state index contributed by atoms with van der Waals surface area (Å²) >= 11 is 5.97. The topological polar surface area (TPSA) is 114 Å². The molecule has 5 atom stereocenters. The quantitative estimate of drug-likeness (QED) is 0.182. The zero-order valence-electron chi connectivity index (χ0n) is 17.1. The molecule has 0 aromatic heterocycles. The zero-order valence-corrected chi connectivity index (χ0v) is 18.9. The molecule has 2 heterocycles. The molecule has 1 aromatic rings. The summed E-state index contributed by atoms with van der Waals surface area (Å²) in [5.74, 6) is -2.48. The average molecular weight is 440 g/mol. The molecule has 29 heavy (non-hydrogen) atoms. The lowest BCUT2D eigenvalue weighted by molar-refractivity contribution is -0.224. The number of ether oxygens (including phenoxy) is 2. The van der Waals surface area contributed by atoms with Gasteiger partial charge in [-0.05, 0) is 48.3 Å². The summed E-state index contributed by atoms with van der Waals surface area (Å²) < 4.78 is 17.9. The van der Waals surface area contributed by atoms with Crippen molar-refractivity contribution in [2.24, 2.45) is 5.11 Å². The Kier molecular flexibility index (Phi) is 5.77. The Morgan fingerprint density at radius 3 is 2.72 bits per heavy atom. The number of carbonyl (C=O) groups excluding carboxylic acids is 1. The Hall–Kier alpha value is -1.61. The highest BCUT2D eigenvalue weighted by atomic mass is 35.5. The zero-order chi connectivity index (χ0) is 21.6. The first-order valence-corrected chi connectivity index (χ1v) is 12.8. The molecule has 0 aliphatic carbocycles. The van der Waals surface area contributed by atoms with Crippen LogP contribution in [0.3, 0.4) is 0 Å². The van der Waals surface area contributed by atoms with Crippen molar-refractivity contribution in [3.63, 3.8) is 0 Å². The molecule has 2 fully saturated rings. The number of hydrogen-bond donors (Lipinski definition) is 1. The summed E-state index contributed by atoms with van der Waals surface area (Å²) in [6.45, 7) is 10.1. The summed E-state index contributed by atoms with van der Waals surface area (Å²) in [4.78, 5) is 15.6. The Balaban J connectivity index is 1.92. The van der Waals surface area contributed by atoms with E-state index in [1.807, 2.05) is 33.9 Å². The maximum Gasteiger partial charge on any atom is 0.338 e. The molecule has 0 spiro atoms. The lowest BCUT2D eigenvalue weighted by atomic mass is 9.88. The monoisotopic (exact) mass is 439 g/mol. The van der Waals surface area contributed by atoms with Crippen LogP contribution in [0.4, 0.5) is 0 Å². The molecule has 2 saturated heterocycles. The van der Waals surface area contributed by atoms with Crippen LogP contribution in [0.25, 0.3) is 10.4 Å². The van der Waals surface area contributed by atoms with Gasteiger partial charge in [-0.1, -0.05) is 43.6 Å². The number of fused-ring (bicyclic) bond motifs is 2. The number of azide groups is 1. The van der Waals surface area contributed by atoms with E-state index < -0.39 is 44.4 Å². The standard InChI is InChI=1S/C19H26ClN3O5Si/c1-18(2,3)29(4,5)28-19(25)14-10-13(22-23-21)15(26-14)16(19)27-17(24)11-7-6-8-12(20)9-11/h6-9,13-16,25H,10H2,1-5H3/t13-,14+,15-,16-,19-/m0/s1. The fourth-order valence-corrected chi connectivity index (χ4v) is 5.02. The number of rotatable bonds is 5. The normalized spacial score (nSPS) is 31.4. The predicted octanol–water partition coefficient (Wildman–Crippen LogP) is 4.43. The molecule has 2 aliphatic heterocycles. The molecule has 0 radical (unpaired) electrons. The van der Waals surface area contributed by atoms with Gasteiger partial charge in [0.2, 0.25) is 5.79 Å². The Labute approximate surface area is 175 Å². The van der Waals surface area contributed by atoms with E-state index in [1.165, 1.54) is 6.07 Å². The van der Waals surface area contributed by atoms with E-state index in [2.05, 4.69) is 10.0 Å². The minimum absolute atomic E-state index is 0.184. The van der Waals surface area contributed by atoms with Gasteiger partial charge in [0.1, 0.15) is 12.2 Å². The molecule has 158 valence electrons. The van der Waals surface area contributed by atoms with Crippen LogP contribution in [-0.4, -0.2) is 49.5 Å². The van der Waals surface area contributed by atoms with Crippen LogP contribution in [0.15, 0.2) is 29.4 Å². The number of carbonyl (C=O) groups is 1. The number of nitrogens with zero attached hydrogens (tertiary/aromatic N) is 3. The lowest BCUT2D eigenvalue weighted by Gasteiger charge is -2.46. The number of aliphatic hydroxyl groups is 1. The summed E-state index contributed by atoms with van der Waals surface area (Å²) in [7, 11) is -2.45. The smallest absolute Gasteiger partial charge is 0.338 e. The first-order chi connectivity index (χ1) is 13.4. The van der Waals surface area contributed by atoms with E-state index in [1.54, 1.807) is 18.2 Å². The first kappa shape index (κ1) is 22.1. The largest absolute Gasteiger partial charge is 0.450 e. The van der Waals surface area contributed by atoms with Gasteiger partial charge in [-0.3, -0.25) is 0 Å². The second-order valence-corrected chi connectivity index (χ2v) is 14.2.